The quantitative estimate of drug-likeness (QED) is 0.758. The lowest BCUT2D eigenvalue weighted by molar-refractivity contribution is -0.146. The standard InChI is InChI=1S/C10H10N2O3/c1-12-8-6(5-11-12)3-2-4-7(8)9(13)10(14)15/h2-5,9,13H,1H3,(H,14,15). The first-order valence-electron chi connectivity index (χ1n) is 4.42. The molecule has 1 heterocycles. The summed E-state index contributed by atoms with van der Waals surface area (Å²) in [5.74, 6) is -1.26. The van der Waals surface area contributed by atoms with Crippen LogP contribution in [0.2, 0.25) is 0 Å². The van der Waals surface area contributed by atoms with E-state index in [4.69, 9.17) is 5.11 Å². The smallest absolute Gasteiger partial charge is 0.337 e. The number of hydrogen-bond donors (Lipinski definition) is 2. The molecule has 2 aromatic rings. The van der Waals surface area contributed by atoms with Gasteiger partial charge in [-0.25, -0.2) is 4.79 Å². The third-order valence-electron chi connectivity index (χ3n) is 2.32. The molecule has 0 spiro atoms. The number of hydrogen-bond acceptors (Lipinski definition) is 3. The lowest BCUT2D eigenvalue weighted by Crippen LogP contribution is -2.11. The summed E-state index contributed by atoms with van der Waals surface area (Å²) in [5.41, 5.74) is 1.01. The first-order valence-corrected chi connectivity index (χ1v) is 4.42. The number of carbonyl (C=O) groups is 1. The van der Waals surface area contributed by atoms with Crippen LogP contribution in [-0.4, -0.2) is 26.0 Å². The summed E-state index contributed by atoms with van der Waals surface area (Å²) in [7, 11) is 1.71. The summed E-state index contributed by atoms with van der Waals surface area (Å²) in [6, 6.07) is 5.11. The number of nitrogens with zero attached hydrogens (tertiary/aromatic N) is 2. The van der Waals surface area contributed by atoms with Gasteiger partial charge >= 0.3 is 5.97 Å². The highest BCUT2D eigenvalue weighted by Gasteiger charge is 2.19. The summed E-state index contributed by atoms with van der Waals surface area (Å²) >= 11 is 0. The van der Waals surface area contributed by atoms with Gasteiger partial charge in [0.15, 0.2) is 6.10 Å². The number of aliphatic hydroxyl groups is 1. The van der Waals surface area contributed by atoms with Crippen LogP contribution in [-0.2, 0) is 11.8 Å². The van der Waals surface area contributed by atoms with Crippen molar-refractivity contribution in [2.24, 2.45) is 7.05 Å². The van der Waals surface area contributed by atoms with Gasteiger partial charge in [0.2, 0.25) is 0 Å². The van der Waals surface area contributed by atoms with E-state index in [0.29, 0.717) is 11.1 Å². The van der Waals surface area contributed by atoms with E-state index < -0.39 is 12.1 Å². The predicted octanol–water partition coefficient (Wildman–Crippen LogP) is 0.691. The number of carboxylic acids is 1. The topological polar surface area (TPSA) is 75.3 Å². The van der Waals surface area contributed by atoms with Gasteiger partial charge in [0.1, 0.15) is 0 Å². The lowest BCUT2D eigenvalue weighted by Gasteiger charge is -2.08. The number of rotatable bonds is 2. The molecule has 0 fully saturated rings. The zero-order valence-corrected chi connectivity index (χ0v) is 8.08. The summed E-state index contributed by atoms with van der Waals surface area (Å²) in [6.45, 7) is 0. The maximum atomic E-state index is 10.7. The van der Waals surface area contributed by atoms with Crippen LogP contribution in [0.25, 0.3) is 10.9 Å². The molecule has 0 bridgehead atoms. The Labute approximate surface area is 85.6 Å². The van der Waals surface area contributed by atoms with Crippen molar-refractivity contribution in [1.29, 1.82) is 0 Å². The minimum atomic E-state index is -1.51. The molecular formula is C10H10N2O3. The Bertz CT molecular complexity index is 518. The molecule has 1 atom stereocenters. The van der Waals surface area contributed by atoms with Crippen molar-refractivity contribution in [3.05, 3.63) is 30.0 Å². The van der Waals surface area contributed by atoms with E-state index in [-0.39, 0.29) is 0 Å². The number of para-hydroxylation sites is 1. The van der Waals surface area contributed by atoms with Gasteiger partial charge < -0.3 is 10.2 Å². The van der Waals surface area contributed by atoms with Crippen molar-refractivity contribution in [3.8, 4) is 0 Å². The molecule has 5 nitrogen and oxygen atoms in total. The molecule has 1 aromatic carbocycles. The van der Waals surface area contributed by atoms with E-state index in [1.54, 1.807) is 30.1 Å². The highest BCUT2D eigenvalue weighted by molar-refractivity contribution is 5.87. The lowest BCUT2D eigenvalue weighted by atomic mass is 10.1. The second kappa shape index (κ2) is 3.36. The van der Waals surface area contributed by atoms with Crippen molar-refractivity contribution >= 4 is 16.9 Å². The van der Waals surface area contributed by atoms with Crippen molar-refractivity contribution in [2.75, 3.05) is 0 Å². The average Bonchev–Trinajstić information content (AvgIpc) is 2.59. The van der Waals surface area contributed by atoms with E-state index in [0.717, 1.165) is 5.39 Å². The van der Waals surface area contributed by atoms with Gasteiger partial charge in [0.05, 0.1) is 11.7 Å². The molecule has 1 aromatic heterocycles. The Morgan fingerprint density at radius 3 is 2.93 bits per heavy atom. The maximum Gasteiger partial charge on any atom is 0.337 e. The highest BCUT2D eigenvalue weighted by atomic mass is 16.4. The van der Waals surface area contributed by atoms with Crippen LogP contribution in [0, 0.1) is 0 Å². The SMILES string of the molecule is Cn1ncc2cccc(C(O)C(=O)O)c21. The molecule has 0 aliphatic rings. The molecule has 0 radical (unpaired) electrons. The van der Waals surface area contributed by atoms with Crippen LogP contribution < -0.4 is 0 Å². The Balaban J connectivity index is 2.69. The van der Waals surface area contributed by atoms with Crippen LogP contribution in [0.3, 0.4) is 0 Å². The number of aliphatic hydroxyl groups excluding tert-OH is 1. The van der Waals surface area contributed by atoms with Gasteiger partial charge in [-0.05, 0) is 0 Å². The molecular weight excluding hydrogens is 196 g/mol. The Kier molecular flexibility index (Phi) is 2.17. The maximum absolute atomic E-state index is 10.7. The molecule has 0 saturated carbocycles. The number of aryl methyl sites for hydroxylation is 1. The molecule has 78 valence electrons. The van der Waals surface area contributed by atoms with E-state index in [1.807, 2.05) is 6.07 Å². The van der Waals surface area contributed by atoms with Crippen molar-refractivity contribution in [2.45, 2.75) is 6.10 Å². The first kappa shape index (κ1) is 9.67. The zero-order chi connectivity index (χ0) is 11.0. The van der Waals surface area contributed by atoms with Gasteiger partial charge in [-0.15, -0.1) is 0 Å². The molecule has 0 aliphatic carbocycles. The van der Waals surface area contributed by atoms with E-state index in [1.165, 1.54) is 0 Å². The molecule has 0 aliphatic heterocycles. The summed E-state index contributed by atoms with van der Waals surface area (Å²) in [4.78, 5) is 10.7. The molecule has 1 unspecified atom stereocenters. The molecule has 5 heteroatoms. The first-order chi connectivity index (χ1) is 7.11. The monoisotopic (exact) mass is 206 g/mol. The van der Waals surface area contributed by atoms with Crippen LogP contribution in [0.15, 0.2) is 24.4 Å². The molecule has 2 rings (SSSR count). The van der Waals surface area contributed by atoms with Gasteiger partial charge in [0, 0.05) is 18.0 Å². The molecule has 15 heavy (non-hydrogen) atoms. The van der Waals surface area contributed by atoms with Crippen molar-refractivity contribution < 1.29 is 15.0 Å². The minimum Gasteiger partial charge on any atom is -0.479 e. The van der Waals surface area contributed by atoms with Crippen LogP contribution in [0.1, 0.15) is 11.7 Å². The van der Waals surface area contributed by atoms with Crippen LogP contribution in [0.4, 0.5) is 0 Å². The fourth-order valence-corrected chi connectivity index (χ4v) is 1.62. The third kappa shape index (κ3) is 1.46. The fraction of sp³-hybridized carbons (Fsp3) is 0.200. The van der Waals surface area contributed by atoms with E-state index >= 15 is 0 Å². The van der Waals surface area contributed by atoms with Gasteiger partial charge in [0.25, 0.3) is 0 Å². The van der Waals surface area contributed by atoms with Crippen molar-refractivity contribution in [1.82, 2.24) is 9.78 Å². The average molecular weight is 206 g/mol. The number of benzene rings is 1. The predicted molar refractivity (Wildman–Crippen MR) is 53.3 cm³/mol. The normalized spacial score (nSPS) is 12.9. The summed E-state index contributed by atoms with van der Waals surface area (Å²) in [6.07, 6.45) is 0.122. The third-order valence-corrected chi connectivity index (χ3v) is 2.32. The second-order valence-electron chi connectivity index (χ2n) is 3.29. The van der Waals surface area contributed by atoms with Gasteiger partial charge in [-0.2, -0.15) is 5.10 Å². The largest absolute Gasteiger partial charge is 0.479 e. The van der Waals surface area contributed by atoms with Gasteiger partial charge in [-0.1, -0.05) is 18.2 Å². The van der Waals surface area contributed by atoms with Crippen LogP contribution in [0.5, 0.6) is 0 Å². The zero-order valence-electron chi connectivity index (χ0n) is 8.08. The highest BCUT2D eigenvalue weighted by Crippen LogP contribution is 2.23. The second-order valence-corrected chi connectivity index (χ2v) is 3.29. The Hall–Kier alpha value is -1.88. The minimum absolute atomic E-state index is 0.361. The van der Waals surface area contributed by atoms with Gasteiger partial charge in [-0.3, -0.25) is 4.68 Å². The molecule has 0 amide bonds. The number of aliphatic carboxylic acids is 1. The number of fused-ring (bicyclic) bond motifs is 1. The fourth-order valence-electron chi connectivity index (χ4n) is 1.62. The molecule has 0 saturated heterocycles. The number of carboxylic acid groups (broad SMARTS) is 1. The van der Waals surface area contributed by atoms with E-state index in [2.05, 4.69) is 5.10 Å². The van der Waals surface area contributed by atoms with E-state index in [9.17, 15) is 9.90 Å². The van der Waals surface area contributed by atoms with Crippen molar-refractivity contribution in [3.63, 3.8) is 0 Å². The van der Waals surface area contributed by atoms with Crippen LogP contribution >= 0.6 is 0 Å². The number of aromatic nitrogens is 2. The molecule has 2 N–H and O–H groups in total. The Morgan fingerprint density at radius 2 is 2.27 bits per heavy atom. The Morgan fingerprint density at radius 1 is 1.53 bits per heavy atom. The summed E-state index contributed by atoms with van der Waals surface area (Å²) < 4.78 is 1.55. The summed E-state index contributed by atoms with van der Waals surface area (Å²) in [5, 5.41) is 23.1.